The van der Waals surface area contributed by atoms with Crippen LogP contribution in [0.4, 0.5) is 11.5 Å². The molecule has 3 heterocycles. The summed E-state index contributed by atoms with van der Waals surface area (Å²) in [6.07, 6.45) is 7.89. The molecule has 0 aliphatic rings. The number of hydrogen-bond donors (Lipinski definition) is 2. The van der Waals surface area contributed by atoms with Crippen LogP contribution in [0.15, 0.2) is 67.4 Å². The number of benzene rings is 1. The van der Waals surface area contributed by atoms with Gasteiger partial charge in [-0.2, -0.15) is 10.2 Å². The maximum absolute atomic E-state index is 12.6. The largest absolute Gasteiger partial charge is 0.382 e. The number of nitrogen functional groups attached to an aromatic ring is 1. The first kappa shape index (κ1) is 18.2. The van der Waals surface area contributed by atoms with Crippen LogP contribution in [0.3, 0.4) is 0 Å². The third-order valence-electron chi connectivity index (χ3n) is 4.23. The number of ketones is 1. The van der Waals surface area contributed by atoms with E-state index in [0.717, 1.165) is 16.8 Å². The summed E-state index contributed by atoms with van der Waals surface area (Å²) in [6, 6.07) is 11.5. The highest BCUT2D eigenvalue weighted by atomic mass is 16.1. The van der Waals surface area contributed by atoms with Crippen LogP contribution in [-0.4, -0.2) is 35.7 Å². The van der Waals surface area contributed by atoms with Gasteiger partial charge in [0, 0.05) is 19.2 Å². The fraction of sp³-hybridized carbons (Fsp3) is 0.100. The minimum atomic E-state index is -0.112. The highest BCUT2D eigenvalue weighted by Gasteiger charge is 2.11. The average molecular weight is 386 g/mol. The molecule has 9 heteroatoms. The fourth-order valence-corrected chi connectivity index (χ4v) is 2.79. The molecule has 0 radical (unpaired) electrons. The summed E-state index contributed by atoms with van der Waals surface area (Å²) in [6.45, 7) is 0.573. The van der Waals surface area contributed by atoms with Gasteiger partial charge in [0.25, 0.3) is 0 Å². The Morgan fingerprint density at radius 3 is 2.55 bits per heavy atom. The number of pyridine rings is 1. The van der Waals surface area contributed by atoms with E-state index >= 15 is 0 Å². The van der Waals surface area contributed by atoms with Gasteiger partial charge in [0.15, 0.2) is 11.6 Å². The van der Waals surface area contributed by atoms with Crippen molar-refractivity contribution in [2.75, 3.05) is 11.1 Å². The zero-order valence-electron chi connectivity index (χ0n) is 15.4. The van der Waals surface area contributed by atoms with Gasteiger partial charge < -0.3 is 11.1 Å². The van der Waals surface area contributed by atoms with Crippen molar-refractivity contribution in [1.29, 1.82) is 0 Å². The molecule has 4 rings (SSSR count). The van der Waals surface area contributed by atoms with E-state index in [1.54, 1.807) is 18.6 Å². The lowest BCUT2D eigenvalue weighted by Crippen LogP contribution is -2.10. The molecule has 0 saturated carbocycles. The predicted molar refractivity (Wildman–Crippen MR) is 107 cm³/mol. The summed E-state index contributed by atoms with van der Waals surface area (Å²) in [4.78, 5) is 26.4. The molecule has 0 atom stereocenters. The molecule has 144 valence electrons. The van der Waals surface area contributed by atoms with Crippen molar-refractivity contribution in [1.82, 2.24) is 29.9 Å². The number of carbonyl (C=O) groups excluding carboxylic acids is 1. The number of rotatable bonds is 7. The van der Waals surface area contributed by atoms with Crippen LogP contribution in [-0.2, 0) is 13.0 Å². The van der Waals surface area contributed by atoms with Crippen LogP contribution in [0, 0.1) is 0 Å². The van der Waals surface area contributed by atoms with Gasteiger partial charge in [0.2, 0.25) is 0 Å². The molecule has 3 N–H and O–H groups in total. The quantitative estimate of drug-likeness (QED) is 0.463. The first-order valence-corrected chi connectivity index (χ1v) is 8.93. The molecule has 0 fully saturated rings. The number of Topliss-reactive ketones (excluding diaryl/α,β-unsaturated/α-hetero) is 1. The van der Waals surface area contributed by atoms with E-state index in [4.69, 9.17) is 5.73 Å². The standard InChI is InChI=1S/C20H18N8O/c21-20-16(5-2-6-22-20)23-11-15-4-1-3-14(9-15)10-18(29)17-12-25-19(13-24-17)28-26-7-8-27-28/h1-9,12-13,23H,10-11H2,(H2,21,22). The number of nitrogens with zero attached hydrogens (tertiary/aromatic N) is 6. The van der Waals surface area contributed by atoms with E-state index in [0.29, 0.717) is 23.9 Å². The van der Waals surface area contributed by atoms with E-state index in [9.17, 15) is 4.79 Å². The molecule has 0 unspecified atom stereocenters. The minimum absolute atomic E-state index is 0.112. The van der Waals surface area contributed by atoms with Crippen LogP contribution < -0.4 is 11.1 Å². The molecule has 0 aliphatic carbocycles. The molecule has 1 aromatic carbocycles. The molecular weight excluding hydrogens is 368 g/mol. The van der Waals surface area contributed by atoms with Gasteiger partial charge in [-0.1, -0.05) is 24.3 Å². The lowest BCUT2D eigenvalue weighted by Gasteiger charge is -2.09. The van der Waals surface area contributed by atoms with E-state index in [2.05, 4.69) is 30.5 Å². The topological polar surface area (TPSA) is 124 Å². The number of anilines is 2. The summed E-state index contributed by atoms with van der Waals surface area (Å²) in [5.41, 5.74) is 8.85. The zero-order valence-corrected chi connectivity index (χ0v) is 15.4. The Morgan fingerprint density at radius 1 is 0.966 bits per heavy atom. The molecule has 0 bridgehead atoms. The van der Waals surface area contributed by atoms with E-state index in [-0.39, 0.29) is 12.2 Å². The Hall–Kier alpha value is -4.14. The summed E-state index contributed by atoms with van der Waals surface area (Å²) < 4.78 is 0. The molecule has 0 amide bonds. The molecule has 4 aromatic rings. The van der Waals surface area contributed by atoms with Gasteiger partial charge in [-0.15, -0.1) is 4.80 Å². The minimum Gasteiger partial charge on any atom is -0.382 e. The Labute approximate surface area is 166 Å². The van der Waals surface area contributed by atoms with Crippen LogP contribution in [0.2, 0.25) is 0 Å². The zero-order chi connectivity index (χ0) is 20.1. The average Bonchev–Trinajstić information content (AvgIpc) is 3.28. The van der Waals surface area contributed by atoms with Crippen molar-refractivity contribution >= 4 is 17.3 Å². The Morgan fingerprint density at radius 2 is 1.79 bits per heavy atom. The molecule has 0 spiro atoms. The number of hydrogen-bond acceptors (Lipinski definition) is 8. The second-order valence-corrected chi connectivity index (χ2v) is 6.29. The highest BCUT2D eigenvalue weighted by Crippen LogP contribution is 2.16. The summed E-state index contributed by atoms with van der Waals surface area (Å²) in [7, 11) is 0. The van der Waals surface area contributed by atoms with Crippen molar-refractivity contribution in [3.8, 4) is 5.82 Å². The van der Waals surface area contributed by atoms with Crippen LogP contribution >= 0.6 is 0 Å². The number of aromatic nitrogens is 6. The lowest BCUT2D eigenvalue weighted by atomic mass is 10.0. The van der Waals surface area contributed by atoms with Crippen molar-refractivity contribution < 1.29 is 4.79 Å². The SMILES string of the molecule is Nc1ncccc1NCc1cccc(CC(=O)c2cnc(-n3nccn3)cn2)c1. The Kier molecular flexibility index (Phi) is 5.19. The molecular formula is C20H18N8O. The van der Waals surface area contributed by atoms with Gasteiger partial charge in [0.05, 0.1) is 30.5 Å². The monoisotopic (exact) mass is 386 g/mol. The predicted octanol–water partition coefficient (Wildman–Crippen LogP) is 2.07. The maximum Gasteiger partial charge on any atom is 0.192 e. The molecule has 3 aromatic heterocycles. The third-order valence-corrected chi connectivity index (χ3v) is 4.23. The molecule has 29 heavy (non-hydrogen) atoms. The van der Waals surface area contributed by atoms with Gasteiger partial charge in [-0.25, -0.2) is 15.0 Å². The maximum atomic E-state index is 12.6. The highest BCUT2D eigenvalue weighted by molar-refractivity contribution is 5.95. The second kappa shape index (κ2) is 8.26. The van der Waals surface area contributed by atoms with Gasteiger partial charge in [0.1, 0.15) is 11.5 Å². The summed E-state index contributed by atoms with van der Waals surface area (Å²) in [5, 5.41) is 11.2. The van der Waals surface area contributed by atoms with E-state index in [1.807, 2.05) is 36.4 Å². The molecule has 0 saturated heterocycles. The molecule has 0 aliphatic heterocycles. The Balaban J connectivity index is 1.41. The first-order chi connectivity index (χ1) is 14.2. The van der Waals surface area contributed by atoms with E-state index in [1.165, 1.54) is 17.2 Å². The van der Waals surface area contributed by atoms with E-state index < -0.39 is 0 Å². The van der Waals surface area contributed by atoms with Crippen LogP contribution in [0.5, 0.6) is 0 Å². The smallest absolute Gasteiger partial charge is 0.192 e. The van der Waals surface area contributed by atoms with Crippen molar-refractivity contribution in [2.24, 2.45) is 0 Å². The van der Waals surface area contributed by atoms with Gasteiger partial charge in [-0.05, 0) is 23.3 Å². The first-order valence-electron chi connectivity index (χ1n) is 8.93. The van der Waals surface area contributed by atoms with Gasteiger partial charge >= 0.3 is 0 Å². The fourth-order valence-electron chi connectivity index (χ4n) is 2.79. The summed E-state index contributed by atoms with van der Waals surface area (Å²) in [5.74, 6) is 0.791. The van der Waals surface area contributed by atoms with Crippen molar-refractivity contribution in [2.45, 2.75) is 13.0 Å². The lowest BCUT2D eigenvalue weighted by molar-refractivity contribution is 0.0988. The third kappa shape index (κ3) is 4.41. The normalized spacial score (nSPS) is 10.6. The van der Waals surface area contributed by atoms with Crippen LogP contribution in [0.25, 0.3) is 5.82 Å². The number of nitrogens with two attached hydrogens (primary N) is 1. The van der Waals surface area contributed by atoms with Gasteiger partial charge in [-0.3, -0.25) is 4.79 Å². The number of nitrogens with one attached hydrogen (secondary N) is 1. The molecule has 9 nitrogen and oxygen atoms in total. The van der Waals surface area contributed by atoms with Crippen molar-refractivity contribution in [3.63, 3.8) is 0 Å². The number of carbonyl (C=O) groups is 1. The Bertz CT molecular complexity index is 1110. The second-order valence-electron chi connectivity index (χ2n) is 6.29. The van der Waals surface area contributed by atoms with Crippen LogP contribution in [0.1, 0.15) is 21.6 Å². The van der Waals surface area contributed by atoms with Crippen molar-refractivity contribution in [3.05, 3.63) is 84.2 Å². The summed E-state index contributed by atoms with van der Waals surface area (Å²) >= 11 is 0.